The van der Waals surface area contributed by atoms with Crippen LogP contribution in [0.4, 0.5) is 15.9 Å². The Kier molecular flexibility index (Phi) is 11.4. The largest absolute Gasteiger partial charge is 0.383 e. The fraction of sp³-hybridized carbons (Fsp3) is 0.312. The zero-order valence-electron chi connectivity index (χ0n) is 24.3. The van der Waals surface area contributed by atoms with Crippen LogP contribution in [0.25, 0.3) is 15.9 Å². The standard InChI is InChI=1S/C32H31FN6O2.2H2S/c1-5-25-18-39(32(23-10-12-24(33)13-11-23)22-8-6-21(17-34)7-9-22)26(20-41-4)19-38(25)28-16-30(40)37(3)27-14-15-29(35-2)36-31(27)28;;/h6-16,25-26,32H,5,18-20H2,1,3-4H3;2*1H2/t25-,26-,32?;;/m0../s1. The van der Waals surface area contributed by atoms with E-state index in [0.717, 1.165) is 17.5 Å². The number of halogens is 1. The van der Waals surface area contributed by atoms with Crippen LogP contribution in [0, 0.1) is 23.7 Å². The molecule has 3 heterocycles. The van der Waals surface area contributed by atoms with Crippen molar-refractivity contribution in [3.05, 3.63) is 111 Å². The summed E-state index contributed by atoms with van der Waals surface area (Å²) in [5.41, 5.74) is 4.34. The lowest BCUT2D eigenvalue weighted by atomic mass is 9.92. The van der Waals surface area contributed by atoms with Crippen LogP contribution in [-0.2, 0) is 11.8 Å². The molecule has 2 aromatic heterocycles. The van der Waals surface area contributed by atoms with E-state index in [1.165, 1.54) is 12.1 Å². The SMILES string of the molecule is S.S.[C-]#[N+]c1ccc2c(n1)c(N1C[C@@H](COC)N(C(c3ccc(F)cc3)c3ccc(C#N)cc3)C[C@@H]1CC)cc(=O)n2C. The highest BCUT2D eigenvalue weighted by Gasteiger charge is 2.39. The van der Waals surface area contributed by atoms with Gasteiger partial charge in [0.25, 0.3) is 11.4 Å². The molecule has 11 heteroatoms. The molecule has 5 rings (SSSR count). The van der Waals surface area contributed by atoms with Crippen LogP contribution in [0.2, 0.25) is 0 Å². The molecule has 224 valence electrons. The van der Waals surface area contributed by atoms with Gasteiger partial charge in [0.05, 0.1) is 41.5 Å². The average Bonchev–Trinajstić information content (AvgIpc) is 3.00. The number of fused-ring (bicyclic) bond motifs is 1. The first-order chi connectivity index (χ1) is 19.9. The van der Waals surface area contributed by atoms with Gasteiger partial charge in [0.2, 0.25) is 5.52 Å². The maximum atomic E-state index is 14.0. The number of anilines is 1. The fourth-order valence-electron chi connectivity index (χ4n) is 5.82. The third kappa shape index (κ3) is 6.71. The van der Waals surface area contributed by atoms with Crippen LogP contribution in [0.5, 0.6) is 0 Å². The number of hydrogen-bond donors (Lipinski definition) is 0. The van der Waals surface area contributed by atoms with Crippen LogP contribution < -0.4 is 10.5 Å². The number of pyridine rings is 2. The summed E-state index contributed by atoms with van der Waals surface area (Å²) in [4.78, 5) is 25.8. The van der Waals surface area contributed by atoms with Gasteiger partial charge in [0.15, 0.2) is 0 Å². The summed E-state index contributed by atoms with van der Waals surface area (Å²) in [7, 11) is 3.38. The average molecular weight is 619 g/mol. The minimum absolute atomic E-state index is 0. The van der Waals surface area contributed by atoms with E-state index >= 15 is 0 Å². The van der Waals surface area contributed by atoms with Crippen molar-refractivity contribution in [2.24, 2.45) is 7.05 Å². The summed E-state index contributed by atoms with van der Waals surface area (Å²) >= 11 is 0. The highest BCUT2D eigenvalue weighted by Crippen LogP contribution is 2.37. The van der Waals surface area contributed by atoms with E-state index in [4.69, 9.17) is 11.3 Å². The highest BCUT2D eigenvalue weighted by molar-refractivity contribution is 7.59. The normalized spacial score (nSPS) is 17.3. The molecule has 1 unspecified atom stereocenters. The van der Waals surface area contributed by atoms with Gasteiger partial charge in [-0.1, -0.05) is 37.8 Å². The molecule has 0 saturated carbocycles. The molecule has 1 aliphatic rings. The second-order valence-electron chi connectivity index (χ2n) is 10.3. The van der Waals surface area contributed by atoms with Crippen LogP contribution in [0.15, 0.2) is 71.5 Å². The Morgan fingerprint density at radius 3 is 2.30 bits per heavy atom. The van der Waals surface area contributed by atoms with Crippen molar-refractivity contribution in [1.82, 2.24) is 14.5 Å². The first kappa shape index (κ1) is 33.6. The number of aryl methyl sites for hydroxylation is 1. The summed E-state index contributed by atoms with van der Waals surface area (Å²) in [5, 5.41) is 9.36. The zero-order chi connectivity index (χ0) is 29.1. The maximum Gasteiger partial charge on any atom is 0.270 e. The summed E-state index contributed by atoms with van der Waals surface area (Å²) < 4.78 is 21.2. The third-order valence-corrected chi connectivity index (χ3v) is 7.92. The molecule has 43 heavy (non-hydrogen) atoms. The predicted octanol–water partition coefficient (Wildman–Crippen LogP) is 5.43. The maximum absolute atomic E-state index is 14.0. The van der Waals surface area contributed by atoms with Crippen molar-refractivity contribution in [2.45, 2.75) is 31.5 Å². The zero-order valence-corrected chi connectivity index (χ0v) is 26.3. The third-order valence-electron chi connectivity index (χ3n) is 7.92. The molecule has 1 fully saturated rings. The lowest BCUT2D eigenvalue weighted by molar-refractivity contribution is 0.0495. The summed E-state index contributed by atoms with van der Waals surface area (Å²) in [6.07, 6.45) is 0.791. The molecule has 0 radical (unpaired) electrons. The number of hydrogen-bond acceptors (Lipinski definition) is 6. The molecule has 2 aromatic carbocycles. The van der Waals surface area contributed by atoms with Crippen LogP contribution in [-0.4, -0.2) is 53.3 Å². The van der Waals surface area contributed by atoms with E-state index in [0.29, 0.717) is 42.0 Å². The van der Waals surface area contributed by atoms with Crippen molar-refractivity contribution >= 4 is 49.5 Å². The van der Waals surface area contributed by atoms with Gasteiger partial charge in [-0.3, -0.25) is 9.69 Å². The molecule has 1 saturated heterocycles. The molecule has 0 bridgehead atoms. The number of ether oxygens (including phenoxy) is 1. The fourth-order valence-corrected chi connectivity index (χ4v) is 5.82. The van der Waals surface area contributed by atoms with Crippen LogP contribution in [0.1, 0.15) is 36.1 Å². The quantitative estimate of drug-likeness (QED) is 0.257. The van der Waals surface area contributed by atoms with Crippen LogP contribution in [0.3, 0.4) is 0 Å². The molecular weight excluding hydrogens is 584 g/mol. The predicted molar refractivity (Wildman–Crippen MR) is 177 cm³/mol. The second kappa shape index (κ2) is 14.5. The van der Waals surface area contributed by atoms with E-state index in [9.17, 15) is 14.4 Å². The molecule has 0 amide bonds. The van der Waals surface area contributed by atoms with Crippen molar-refractivity contribution < 1.29 is 9.13 Å². The minimum atomic E-state index is -0.305. The summed E-state index contributed by atoms with van der Waals surface area (Å²) in [6, 6.07) is 21.0. The number of methoxy groups -OCH3 is 1. The van der Waals surface area contributed by atoms with E-state index in [1.54, 1.807) is 61.2 Å². The number of rotatable bonds is 7. The monoisotopic (exact) mass is 618 g/mol. The van der Waals surface area contributed by atoms with Crippen molar-refractivity contribution in [1.29, 1.82) is 5.26 Å². The Hall–Kier alpha value is -3.87. The van der Waals surface area contributed by atoms with Crippen molar-refractivity contribution in [2.75, 3.05) is 31.7 Å². The van der Waals surface area contributed by atoms with Gasteiger partial charge in [-0.2, -0.15) is 32.3 Å². The van der Waals surface area contributed by atoms with Gasteiger partial charge in [-0.25, -0.2) is 4.39 Å². The number of aromatic nitrogens is 2. The van der Waals surface area contributed by atoms with E-state index in [2.05, 4.69) is 32.6 Å². The van der Waals surface area contributed by atoms with Gasteiger partial charge < -0.3 is 19.0 Å². The summed E-state index contributed by atoms with van der Waals surface area (Å²) in [5.74, 6) is -0.0319. The smallest absolute Gasteiger partial charge is 0.270 e. The Morgan fingerprint density at radius 1 is 1.07 bits per heavy atom. The molecule has 8 nitrogen and oxygen atoms in total. The van der Waals surface area contributed by atoms with E-state index < -0.39 is 0 Å². The molecule has 0 N–H and O–H groups in total. The lowest BCUT2D eigenvalue weighted by Crippen LogP contribution is -2.60. The molecule has 1 aliphatic heterocycles. The Balaban J connectivity index is 0.00000253. The lowest BCUT2D eigenvalue weighted by Gasteiger charge is -2.50. The number of piperazine rings is 1. The topological polar surface area (TPSA) is 78.8 Å². The number of nitrogens with zero attached hydrogens (tertiary/aromatic N) is 6. The summed E-state index contributed by atoms with van der Waals surface area (Å²) in [6.45, 7) is 11.2. The Bertz CT molecular complexity index is 1700. The Labute approximate surface area is 265 Å². The van der Waals surface area contributed by atoms with Gasteiger partial charge in [0.1, 0.15) is 5.82 Å². The minimum Gasteiger partial charge on any atom is -0.383 e. The molecular formula is C32H35FN6O2S2. The van der Waals surface area contributed by atoms with Crippen LogP contribution >= 0.6 is 27.0 Å². The molecule has 0 spiro atoms. The second-order valence-corrected chi connectivity index (χ2v) is 10.3. The molecule has 3 atom stereocenters. The van der Waals surface area contributed by atoms with Gasteiger partial charge in [-0.05, 0) is 53.9 Å². The number of nitriles is 1. The van der Waals surface area contributed by atoms with Crippen molar-refractivity contribution in [3.63, 3.8) is 0 Å². The number of benzene rings is 2. The highest BCUT2D eigenvalue weighted by atomic mass is 32.1. The van der Waals surface area contributed by atoms with E-state index in [-0.39, 0.29) is 62.3 Å². The Morgan fingerprint density at radius 2 is 1.72 bits per heavy atom. The first-order valence-corrected chi connectivity index (χ1v) is 13.5. The molecule has 4 aromatic rings. The van der Waals surface area contributed by atoms with E-state index in [1.807, 2.05) is 12.1 Å². The first-order valence-electron chi connectivity index (χ1n) is 13.5. The van der Waals surface area contributed by atoms with Gasteiger partial charge >= 0.3 is 0 Å². The van der Waals surface area contributed by atoms with Gasteiger partial charge in [0, 0.05) is 39.4 Å². The molecule has 0 aliphatic carbocycles. The van der Waals surface area contributed by atoms with Crippen molar-refractivity contribution in [3.8, 4) is 6.07 Å². The van der Waals surface area contributed by atoms with Gasteiger partial charge in [-0.15, -0.1) is 4.98 Å².